The molecule has 0 spiro atoms. The van der Waals surface area contributed by atoms with E-state index in [0.29, 0.717) is 17.5 Å². The highest BCUT2D eigenvalue weighted by Crippen LogP contribution is 2.44. The number of para-hydroxylation sites is 5. The van der Waals surface area contributed by atoms with Crippen LogP contribution in [0.15, 0.2) is 290 Å². The first-order valence-electron chi connectivity index (χ1n) is 27.4. The number of hydrogen-bond acceptors (Lipinski definition) is 4. The second-order valence-electron chi connectivity index (χ2n) is 20.7. The van der Waals surface area contributed by atoms with E-state index < -0.39 is 0 Å². The largest absolute Gasteiger partial charge is 0.455 e. The van der Waals surface area contributed by atoms with Gasteiger partial charge < -0.3 is 13.6 Å². The lowest BCUT2D eigenvalue weighted by Gasteiger charge is -2.15. The van der Waals surface area contributed by atoms with Gasteiger partial charge in [-0.25, -0.2) is 15.0 Å². The summed E-state index contributed by atoms with van der Waals surface area (Å²) in [5.74, 6) is 1.74. The number of nitrogens with zero attached hydrogens (tertiary/aromatic N) is 5. The summed E-state index contributed by atoms with van der Waals surface area (Å²) in [5.41, 5.74) is 19.9. The lowest BCUT2D eigenvalue weighted by atomic mass is 9.98. The first kappa shape index (κ1) is 46.2. The molecule has 0 unspecified atom stereocenters. The quantitative estimate of drug-likeness (QED) is 0.145. The maximum atomic E-state index is 6.49. The first-order chi connectivity index (χ1) is 40.2. The van der Waals surface area contributed by atoms with E-state index in [9.17, 15) is 0 Å². The molecular formula is C75H47N5O. The van der Waals surface area contributed by atoms with Crippen molar-refractivity contribution < 1.29 is 4.42 Å². The molecule has 0 bridgehead atoms. The molecule has 12 aromatic carbocycles. The molecule has 16 aromatic rings. The highest BCUT2D eigenvalue weighted by molar-refractivity contribution is 6.18. The van der Waals surface area contributed by atoms with Crippen LogP contribution in [0.25, 0.3) is 156 Å². The van der Waals surface area contributed by atoms with E-state index >= 15 is 0 Å². The SMILES string of the molecule is c1ccc(-c2cccc(-c3cccc(-c4nc(-c5ccc(-c6cccc7c6oc6ccccc67)cc5)nc(-c5cccc6c5c5ccccc5n6-c5cccc6c7ccccc7n(-c7cccc(-c8ccccc8)c7)c56)n4)c3)c2)cc1. The van der Waals surface area contributed by atoms with Gasteiger partial charge in [0.2, 0.25) is 0 Å². The van der Waals surface area contributed by atoms with Crippen molar-refractivity contribution in [3.63, 3.8) is 0 Å². The van der Waals surface area contributed by atoms with Crippen molar-refractivity contribution in [2.24, 2.45) is 0 Å². The molecule has 16 rings (SSSR count). The van der Waals surface area contributed by atoms with Crippen LogP contribution in [0.5, 0.6) is 0 Å². The Labute approximate surface area is 466 Å². The average molecular weight is 1030 g/mol. The minimum atomic E-state index is 0.577. The second-order valence-corrected chi connectivity index (χ2v) is 20.7. The fraction of sp³-hybridized carbons (Fsp3) is 0. The molecule has 0 amide bonds. The van der Waals surface area contributed by atoms with Gasteiger partial charge in [0.05, 0.1) is 27.8 Å². The summed E-state index contributed by atoms with van der Waals surface area (Å²) in [5, 5.41) is 6.73. The Kier molecular flexibility index (Phi) is 10.8. The Balaban J connectivity index is 0.891. The minimum Gasteiger partial charge on any atom is -0.455 e. The predicted octanol–water partition coefficient (Wildman–Crippen LogP) is 19.6. The maximum absolute atomic E-state index is 6.49. The number of benzene rings is 12. The summed E-state index contributed by atoms with van der Waals surface area (Å²) in [6, 6.07) is 101. The summed E-state index contributed by atoms with van der Waals surface area (Å²) < 4.78 is 11.4. The van der Waals surface area contributed by atoms with Crippen molar-refractivity contribution in [2.75, 3.05) is 0 Å². The van der Waals surface area contributed by atoms with Crippen molar-refractivity contribution >= 4 is 65.6 Å². The standard InChI is InChI=1S/C75H47N5O/c1-3-19-48(20-4-1)52-23-13-24-53(45-52)54-25-14-27-56(46-54)74-76-73(51-43-41-50(42-44-51)58-32-16-34-62-60-30-9-12-40-69(60)81-72(58)62)77-75(78-74)64-35-18-38-67-70(64)63-31-8-11-37-66(63)80(67)68-39-17-33-61-59-29-7-10-36-65(59)79(71(61)68)57-28-15-26-55(47-57)49-21-5-2-6-22-49/h1-47H. The van der Waals surface area contributed by atoms with Gasteiger partial charge in [-0.3, -0.25) is 0 Å². The highest BCUT2D eigenvalue weighted by Gasteiger charge is 2.24. The number of aromatic nitrogens is 5. The monoisotopic (exact) mass is 1030 g/mol. The zero-order valence-electron chi connectivity index (χ0n) is 43.8. The van der Waals surface area contributed by atoms with Gasteiger partial charge in [-0.2, -0.15) is 0 Å². The van der Waals surface area contributed by atoms with Gasteiger partial charge in [0, 0.05) is 60.3 Å². The fourth-order valence-electron chi connectivity index (χ4n) is 12.2. The van der Waals surface area contributed by atoms with Crippen LogP contribution in [0.4, 0.5) is 0 Å². The molecule has 0 saturated heterocycles. The Hall–Kier alpha value is -11.0. The van der Waals surface area contributed by atoms with Crippen LogP contribution in [0.3, 0.4) is 0 Å². The van der Waals surface area contributed by atoms with Crippen LogP contribution in [-0.2, 0) is 0 Å². The third kappa shape index (κ3) is 7.76. The molecule has 0 fully saturated rings. The van der Waals surface area contributed by atoms with E-state index in [4.69, 9.17) is 19.4 Å². The molecule has 0 atom stereocenters. The van der Waals surface area contributed by atoms with Gasteiger partial charge in [-0.1, -0.05) is 231 Å². The van der Waals surface area contributed by atoms with Gasteiger partial charge in [0.15, 0.2) is 17.5 Å². The zero-order valence-corrected chi connectivity index (χ0v) is 43.8. The predicted molar refractivity (Wildman–Crippen MR) is 334 cm³/mol. The van der Waals surface area contributed by atoms with Crippen molar-refractivity contribution in [2.45, 2.75) is 0 Å². The highest BCUT2D eigenvalue weighted by atomic mass is 16.3. The summed E-state index contributed by atoms with van der Waals surface area (Å²) >= 11 is 0. The van der Waals surface area contributed by atoms with Crippen LogP contribution in [0.2, 0.25) is 0 Å². The van der Waals surface area contributed by atoms with E-state index in [1.165, 1.54) is 21.9 Å². The summed E-state index contributed by atoms with van der Waals surface area (Å²) in [7, 11) is 0. The lowest BCUT2D eigenvalue weighted by molar-refractivity contribution is 0.670. The van der Waals surface area contributed by atoms with Crippen LogP contribution in [0.1, 0.15) is 0 Å². The molecule has 6 heteroatoms. The van der Waals surface area contributed by atoms with Gasteiger partial charge in [0.1, 0.15) is 11.2 Å². The van der Waals surface area contributed by atoms with E-state index in [2.05, 4.69) is 282 Å². The van der Waals surface area contributed by atoms with Crippen molar-refractivity contribution in [3.8, 4) is 90.0 Å². The van der Waals surface area contributed by atoms with Crippen molar-refractivity contribution in [1.29, 1.82) is 0 Å². The van der Waals surface area contributed by atoms with E-state index in [1.807, 2.05) is 12.1 Å². The average Bonchev–Trinajstić information content (AvgIpc) is 4.27. The number of furan rings is 1. The fourth-order valence-corrected chi connectivity index (χ4v) is 12.2. The molecular weight excluding hydrogens is 987 g/mol. The summed E-state index contributed by atoms with van der Waals surface area (Å²) in [6.07, 6.45) is 0. The van der Waals surface area contributed by atoms with Crippen molar-refractivity contribution in [3.05, 3.63) is 285 Å². The smallest absolute Gasteiger partial charge is 0.164 e. The van der Waals surface area contributed by atoms with E-state index in [1.54, 1.807) is 0 Å². The topological polar surface area (TPSA) is 61.7 Å². The molecule has 4 aromatic heterocycles. The summed E-state index contributed by atoms with van der Waals surface area (Å²) in [6.45, 7) is 0. The molecule has 6 nitrogen and oxygen atoms in total. The van der Waals surface area contributed by atoms with Gasteiger partial charge in [-0.05, 0) is 93.5 Å². The van der Waals surface area contributed by atoms with Gasteiger partial charge in [-0.15, -0.1) is 0 Å². The van der Waals surface area contributed by atoms with Gasteiger partial charge >= 0.3 is 0 Å². The van der Waals surface area contributed by atoms with Crippen LogP contribution >= 0.6 is 0 Å². The number of fused-ring (bicyclic) bond motifs is 9. The molecule has 0 N–H and O–H groups in total. The van der Waals surface area contributed by atoms with Crippen LogP contribution in [0, 0.1) is 0 Å². The molecule has 4 heterocycles. The third-order valence-corrected chi connectivity index (χ3v) is 16.0. The molecule has 378 valence electrons. The Morgan fingerprint density at radius 3 is 1.51 bits per heavy atom. The second kappa shape index (κ2) is 18.9. The van der Waals surface area contributed by atoms with E-state index in [0.717, 1.165) is 116 Å². The Bertz CT molecular complexity index is 5110. The zero-order chi connectivity index (χ0) is 53.4. The van der Waals surface area contributed by atoms with Crippen LogP contribution < -0.4 is 0 Å². The number of hydrogen-bond donors (Lipinski definition) is 0. The van der Waals surface area contributed by atoms with Crippen molar-refractivity contribution in [1.82, 2.24) is 24.1 Å². The van der Waals surface area contributed by atoms with Crippen LogP contribution in [-0.4, -0.2) is 24.1 Å². The number of rotatable bonds is 9. The van der Waals surface area contributed by atoms with E-state index in [-0.39, 0.29) is 0 Å². The normalized spacial score (nSPS) is 11.7. The lowest BCUT2D eigenvalue weighted by Crippen LogP contribution is -2.01. The molecule has 0 aliphatic heterocycles. The van der Waals surface area contributed by atoms with Gasteiger partial charge in [0.25, 0.3) is 0 Å². The molecule has 0 saturated carbocycles. The first-order valence-corrected chi connectivity index (χ1v) is 27.4. The Morgan fingerprint density at radius 2 is 0.753 bits per heavy atom. The third-order valence-electron chi connectivity index (χ3n) is 16.0. The minimum absolute atomic E-state index is 0.577. The molecule has 0 aliphatic carbocycles. The maximum Gasteiger partial charge on any atom is 0.164 e. The molecule has 81 heavy (non-hydrogen) atoms. The Morgan fingerprint density at radius 1 is 0.272 bits per heavy atom. The molecule has 0 radical (unpaired) electrons. The summed E-state index contributed by atoms with van der Waals surface area (Å²) in [4.78, 5) is 16.3. The molecule has 0 aliphatic rings.